The van der Waals surface area contributed by atoms with Crippen LogP contribution in [0.3, 0.4) is 0 Å². The van der Waals surface area contributed by atoms with Crippen LogP contribution in [0.15, 0.2) is 18.2 Å². The van der Waals surface area contributed by atoms with Crippen molar-refractivity contribution in [1.29, 1.82) is 10.5 Å². The van der Waals surface area contributed by atoms with Crippen molar-refractivity contribution in [2.45, 2.75) is 50.2 Å². The molecule has 0 aliphatic carbocycles. The molecule has 4 rings (SSSR count). The van der Waals surface area contributed by atoms with Gasteiger partial charge < -0.3 is 15.1 Å². The summed E-state index contributed by atoms with van der Waals surface area (Å²) in [5.74, 6) is -0.142. The molecule has 3 saturated heterocycles. The lowest BCUT2D eigenvalue weighted by Gasteiger charge is -2.31. The van der Waals surface area contributed by atoms with E-state index in [-0.39, 0.29) is 30.0 Å². The van der Waals surface area contributed by atoms with Crippen LogP contribution in [0.1, 0.15) is 42.5 Å². The van der Waals surface area contributed by atoms with Gasteiger partial charge in [0.25, 0.3) is 5.91 Å². The van der Waals surface area contributed by atoms with Crippen molar-refractivity contribution in [2.24, 2.45) is 5.92 Å². The Labute approximate surface area is 164 Å². The molecule has 7 heteroatoms. The highest BCUT2D eigenvalue weighted by atomic mass is 35.5. The Kier molecular flexibility index (Phi) is 4.85. The SMILES string of the molecule is N#C[C@@H]1CCCN(c2ccc(C(=O)N[C@@H]3C[C@@H]4CC[C@H]3N4C#N)c(Cl)c2)C1. The number of nitrogens with zero attached hydrogens (tertiary/aromatic N) is 4. The van der Waals surface area contributed by atoms with Crippen molar-refractivity contribution in [3.8, 4) is 12.3 Å². The Morgan fingerprint density at radius 1 is 1.26 bits per heavy atom. The van der Waals surface area contributed by atoms with Gasteiger partial charge in [0.1, 0.15) is 0 Å². The highest BCUT2D eigenvalue weighted by Gasteiger charge is 2.46. The first-order valence-electron chi connectivity index (χ1n) is 9.53. The normalized spacial score (nSPS) is 29.3. The Hall–Kier alpha value is -2.44. The molecule has 3 fully saturated rings. The van der Waals surface area contributed by atoms with Gasteiger partial charge in [-0.2, -0.15) is 10.5 Å². The number of rotatable bonds is 3. The second-order valence-corrected chi connectivity index (χ2v) is 8.11. The molecule has 0 aromatic heterocycles. The summed E-state index contributed by atoms with van der Waals surface area (Å²) in [5.41, 5.74) is 1.41. The summed E-state index contributed by atoms with van der Waals surface area (Å²) in [6, 6.07) is 8.20. The lowest BCUT2D eigenvalue weighted by Crippen LogP contribution is -2.43. The first-order valence-corrected chi connectivity index (χ1v) is 9.91. The summed E-state index contributed by atoms with van der Waals surface area (Å²) in [6.45, 7) is 1.60. The molecule has 6 nitrogen and oxygen atoms in total. The molecular weight excluding hydrogens is 362 g/mol. The molecule has 3 aliphatic rings. The molecule has 0 radical (unpaired) electrons. The van der Waals surface area contributed by atoms with E-state index in [1.807, 2.05) is 17.0 Å². The van der Waals surface area contributed by atoms with Gasteiger partial charge in [-0.25, -0.2) is 0 Å². The number of fused-ring (bicyclic) bond motifs is 2. The van der Waals surface area contributed by atoms with Crippen LogP contribution >= 0.6 is 11.6 Å². The van der Waals surface area contributed by atoms with Crippen molar-refractivity contribution in [2.75, 3.05) is 18.0 Å². The molecule has 1 aromatic rings. The summed E-state index contributed by atoms with van der Waals surface area (Å²) in [7, 11) is 0. The molecule has 27 heavy (non-hydrogen) atoms. The maximum atomic E-state index is 12.7. The van der Waals surface area contributed by atoms with Crippen molar-refractivity contribution < 1.29 is 4.79 Å². The number of benzene rings is 1. The smallest absolute Gasteiger partial charge is 0.253 e. The van der Waals surface area contributed by atoms with Crippen molar-refractivity contribution in [1.82, 2.24) is 10.2 Å². The fourth-order valence-electron chi connectivity index (χ4n) is 4.75. The van der Waals surface area contributed by atoms with Gasteiger partial charge >= 0.3 is 0 Å². The highest BCUT2D eigenvalue weighted by Crippen LogP contribution is 2.37. The largest absolute Gasteiger partial charge is 0.370 e. The summed E-state index contributed by atoms with van der Waals surface area (Å²) in [5, 5.41) is 21.9. The molecule has 1 N–H and O–H groups in total. The van der Waals surface area contributed by atoms with Gasteiger partial charge in [0.15, 0.2) is 6.19 Å². The van der Waals surface area contributed by atoms with Crippen molar-refractivity contribution in [3.63, 3.8) is 0 Å². The number of carbonyl (C=O) groups excluding carboxylic acids is 1. The Morgan fingerprint density at radius 2 is 2.11 bits per heavy atom. The van der Waals surface area contributed by atoms with E-state index in [2.05, 4.69) is 22.5 Å². The number of anilines is 1. The molecule has 2 bridgehead atoms. The molecule has 0 spiro atoms. The van der Waals surface area contributed by atoms with Gasteiger partial charge in [0, 0.05) is 24.8 Å². The van der Waals surface area contributed by atoms with Crippen LogP contribution in [-0.4, -0.2) is 42.0 Å². The monoisotopic (exact) mass is 383 g/mol. The summed E-state index contributed by atoms with van der Waals surface area (Å²) < 4.78 is 0. The molecule has 1 amide bonds. The summed E-state index contributed by atoms with van der Waals surface area (Å²) >= 11 is 6.42. The molecule has 1 aromatic carbocycles. The van der Waals surface area contributed by atoms with E-state index in [1.165, 1.54) is 0 Å². The average Bonchev–Trinajstić information content (AvgIpc) is 3.24. The van der Waals surface area contributed by atoms with E-state index < -0.39 is 0 Å². The number of carbonyl (C=O) groups is 1. The van der Waals surface area contributed by atoms with E-state index in [0.717, 1.165) is 44.3 Å². The fraction of sp³-hybridized carbons (Fsp3) is 0.550. The van der Waals surface area contributed by atoms with Crippen LogP contribution in [0.25, 0.3) is 0 Å². The first kappa shape index (κ1) is 17.9. The standard InChI is InChI=1S/C20H22ClN5O/c21-17-8-14(25-7-1-2-13(10-22)11-25)3-5-16(17)20(27)24-18-9-15-4-6-19(18)26(15)12-23/h3,5,8,13,15,18-19H,1-2,4,6-7,9,11H2,(H,24,27)/t13-,15-,18+,19+/m0/s1. The van der Waals surface area contributed by atoms with Gasteiger partial charge in [-0.05, 0) is 50.3 Å². The Balaban J connectivity index is 1.44. The molecule has 140 valence electrons. The van der Waals surface area contributed by atoms with E-state index >= 15 is 0 Å². The van der Waals surface area contributed by atoms with Crippen LogP contribution in [0, 0.1) is 28.7 Å². The first-order chi connectivity index (χ1) is 13.1. The minimum absolute atomic E-state index is 0.00474. The van der Waals surface area contributed by atoms with Crippen LogP contribution in [0.5, 0.6) is 0 Å². The lowest BCUT2D eigenvalue weighted by atomic mass is 9.95. The molecule has 0 unspecified atom stereocenters. The van der Waals surface area contributed by atoms with Crippen molar-refractivity contribution in [3.05, 3.63) is 28.8 Å². The van der Waals surface area contributed by atoms with Gasteiger partial charge in [-0.15, -0.1) is 0 Å². The number of piperidine rings is 1. The minimum Gasteiger partial charge on any atom is -0.370 e. The van der Waals surface area contributed by atoms with Crippen LogP contribution in [-0.2, 0) is 0 Å². The van der Waals surface area contributed by atoms with Gasteiger partial charge in [-0.1, -0.05) is 11.6 Å². The van der Waals surface area contributed by atoms with Gasteiger partial charge in [0.2, 0.25) is 0 Å². The second-order valence-electron chi connectivity index (χ2n) is 7.70. The number of halogens is 1. The summed E-state index contributed by atoms with van der Waals surface area (Å²) in [6.07, 6.45) is 6.98. The minimum atomic E-state index is -0.185. The van der Waals surface area contributed by atoms with Gasteiger partial charge in [0.05, 0.1) is 34.7 Å². The Morgan fingerprint density at radius 3 is 2.81 bits per heavy atom. The molecule has 3 aliphatic heterocycles. The third-order valence-electron chi connectivity index (χ3n) is 6.14. The summed E-state index contributed by atoms with van der Waals surface area (Å²) in [4.78, 5) is 16.7. The molecular formula is C20H22ClN5O. The second kappa shape index (κ2) is 7.29. The fourth-order valence-corrected chi connectivity index (χ4v) is 5.01. The van der Waals surface area contributed by atoms with E-state index in [4.69, 9.17) is 16.9 Å². The number of nitriles is 2. The van der Waals surface area contributed by atoms with Crippen LogP contribution in [0.2, 0.25) is 5.02 Å². The number of hydrogen-bond donors (Lipinski definition) is 1. The number of nitrogens with one attached hydrogen (secondary N) is 1. The maximum Gasteiger partial charge on any atom is 0.253 e. The zero-order chi connectivity index (χ0) is 19.0. The quantitative estimate of drug-likeness (QED) is 0.811. The maximum absolute atomic E-state index is 12.7. The van der Waals surface area contributed by atoms with Crippen molar-refractivity contribution >= 4 is 23.2 Å². The number of amides is 1. The zero-order valence-corrected chi connectivity index (χ0v) is 15.8. The molecule has 0 saturated carbocycles. The third kappa shape index (κ3) is 3.31. The average molecular weight is 384 g/mol. The van der Waals surface area contributed by atoms with Crippen LogP contribution in [0.4, 0.5) is 5.69 Å². The van der Waals surface area contributed by atoms with Gasteiger partial charge in [-0.3, -0.25) is 4.79 Å². The van der Waals surface area contributed by atoms with E-state index in [0.29, 0.717) is 17.1 Å². The predicted octanol–water partition coefficient (Wildman–Crippen LogP) is 2.90. The third-order valence-corrected chi connectivity index (χ3v) is 6.45. The topological polar surface area (TPSA) is 83.2 Å². The lowest BCUT2D eigenvalue weighted by molar-refractivity contribution is 0.0928. The predicted molar refractivity (Wildman–Crippen MR) is 102 cm³/mol. The van der Waals surface area contributed by atoms with Crippen LogP contribution < -0.4 is 10.2 Å². The molecule has 4 atom stereocenters. The highest BCUT2D eigenvalue weighted by molar-refractivity contribution is 6.34. The van der Waals surface area contributed by atoms with E-state index in [9.17, 15) is 10.1 Å². The molecule has 3 heterocycles. The number of hydrogen-bond acceptors (Lipinski definition) is 5. The zero-order valence-electron chi connectivity index (χ0n) is 15.1. The Bertz CT molecular complexity index is 829. The van der Waals surface area contributed by atoms with E-state index in [1.54, 1.807) is 6.07 Å².